The van der Waals surface area contributed by atoms with Crippen molar-refractivity contribution in [2.24, 2.45) is 0 Å². The monoisotopic (exact) mass is 391 g/mol. The van der Waals surface area contributed by atoms with Crippen LogP contribution in [0.25, 0.3) is 11.3 Å². The van der Waals surface area contributed by atoms with E-state index in [-0.39, 0.29) is 18.2 Å². The molecule has 0 spiro atoms. The number of anilines is 2. The number of aryl methyl sites for hydroxylation is 2. The predicted octanol–water partition coefficient (Wildman–Crippen LogP) is 4.44. The van der Waals surface area contributed by atoms with Gasteiger partial charge in [0.2, 0.25) is 11.8 Å². The van der Waals surface area contributed by atoms with Crippen molar-refractivity contribution >= 4 is 34.5 Å². The molecule has 0 atom stereocenters. The first-order chi connectivity index (χ1) is 13.6. The van der Waals surface area contributed by atoms with Gasteiger partial charge in [-0.1, -0.05) is 25.1 Å². The quantitative estimate of drug-likeness (QED) is 0.675. The Morgan fingerprint density at radius 2 is 2.00 bits per heavy atom. The minimum atomic E-state index is -0.0710. The highest BCUT2D eigenvalue weighted by Gasteiger charge is 2.16. The summed E-state index contributed by atoms with van der Waals surface area (Å²) in [6, 6.07) is 13.9. The number of benzene rings is 2. The summed E-state index contributed by atoms with van der Waals surface area (Å²) in [5, 5.41) is 8.57. The van der Waals surface area contributed by atoms with E-state index in [2.05, 4.69) is 28.6 Å². The van der Waals surface area contributed by atoms with Gasteiger partial charge >= 0.3 is 0 Å². The molecule has 3 aromatic rings. The van der Waals surface area contributed by atoms with Crippen molar-refractivity contribution in [2.75, 3.05) is 10.6 Å². The molecule has 2 N–H and O–H groups in total. The van der Waals surface area contributed by atoms with Gasteiger partial charge in [-0.15, -0.1) is 11.3 Å². The van der Waals surface area contributed by atoms with Crippen LogP contribution in [-0.4, -0.2) is 16.8 Å². The number of rotatable bonds is 5. The van der Waals surface area contributed by atoms with Crippen LogP contribution in [0.2, 0.25) is 0 Å². The number of aromatic nitrogens is 1. The lowest BCUT2D eigenvalue weighted by molar-refractivity contribution is -0.116. The average Bonchev–Trinajstić information content (AvgIpc) is 3.16. The summed E-state index contributed by atoms with van der Waals surface area (Å²) in [4.78, 5) is 28.4. The summed E-state index contributed by atoms with van der Waals surface area (Å²) in [7, 11) is 0. The molecule has 0 aliphatic carbocycles. The number of fused-ring (bicyclic) bond motifs is 1. The first-order valence-corrected chi connectivity index (χ1v) is 10.2. The van der Waals surface area contributed by atoms with Gasteiger partial charge in [-0.3, -0.25) is 9.59 Å². The van der Waals surface area contributed by atoms with E-state index in [4.69, 9.17) is 0 Å². The summed E-state index contributed by atoms with van der Waals surface area (Å²) >= 11 is 1.49. The van der Waals surface area contributed by atoms with E-state index in [0.29, 0.717) is 6.42 Å². The number of hydrogen-bond donors (Lipinski definition) is 2. The lowest BCUT2D eigenvalue weighted by atomic mass is 9.99. The second-order valence-electron chi connectivity index (χ2n) is 6.82. The lowest BCUT2D eigenvalue weighted by Gasteiger charge is -2.17. The molecule has 1 aliphatic rings. The molecular weight excluding hydrogens is 370 g/mol. The van der Waals surface area contributed by atoms with Crippen LogP contribution >= 0.6 is 11.3 Å². The van der Waals surface area contributed by atoms with Crippen molar-refractivity contribution in [3.05, 3.63) is 64.0 Å². The Labute approximate surface area is 167 Å². The summed E-state index contributed by atoms with van der Waals surface area (Å²) in [6.07, 6.45) is 2.48. The second kappa shape index (κ2) is 7.94. The minimum absolute atomic E-state index is 0.0616. The van der Waals surface area contributed by atoms with E-state index in [0.717, 1.165) is 46.0 Å². The number of carbonyl (C=O) groups excluding carboxylic acids is 2. The van der Waals surface area contributed by atoms with E-state index in [1.807, 2.05) is 41.8 Å². The SMILES string of the molecule is CCc1ccc(NC(=O)Cc2nc(-c3ccc4c(c3)CCC(=O)N4)cs2)cc1. The van der Waals surface area contributed by atoms with Crippen molar-refractivity contribution < 1.29 is 9.59 Å². The molecule has 1 aromatic heterocycles. The van der Waals surface area contributed by atoms with Gasteiger partial charge in [-0.25, -0.2) is 4.98 Å². The van der Waals surface area contributed by atoms with Crippen LogP contribution in [0.1, 0.15) is 29.5 Å². The first kappa shape index (κ1) is 18.4. The Morgan fingerprint density at radius 1 is 1.18 bits per heavy atom. The second-order valence-corrected chi connectivity index (χ2v) is 7.76. The molecule has 6 heteroatoms. The van der Waals surface area contributed by atoms with Gasteiger partial charge in [-0.2, -0.15) is 0 Å². The number of amides is 2. The molecule has 0 saturated heterocycles. The normalized spacial score (nSPS) is 13.0. The van der Waals surface area contributed by atoms with Crippen molar-refractivity contribution in [2.45, 2.75) is 32.6 Å². The fourth-order valence-electron chi connectivity index (χ4n) is 3.23. The molecule has 142 valence electrons. The third-order valence-electron chi connectivity index (χ3n) is 4.81. The van der Waals surface area contributed by atoms with E-state index < -0.39 is 0 Å². The molecule has 5 nitrogen and oxygen atoms in total. The molecule has 0 radical (unpaired) electrons. The van der Waals surface area contributed by atoms with Gasteiger partial charge in [0.25, 0.3) is 0 Å². The molecule has 28 heavy (non-hydrogen) atoms. The van der Waals surface area contributed by atoms with Gasteiger partial charge in [0.1, 0.15) is 5.01 Å². The van der Waals surface area contributed by atoms with E-state index in [9.17, 15) is 9.59 Å². The Balaban J connectivity index is 1.42. The van der Waals surface area contributed by atoms with Gasteiger partial charge in [0.05, 0.1) is 12.1 Å². The summed E-state index contributed by atoms with van der Waals surface area (Å²) < 4.78 is 0. The van der Waals surface area contributed by atoms with Crippen molar-refractivity contribution in [3.63, 3.8) is 0 Å². The van der Waals surface area contributed by atoms with Crippen LogP contribution < -0.4 is 10.6 Å². The molecule has 4 rings (SSSR count). The molecule has 2 amide bonds. The van der Waals surface area contributed by atoms with Gasteiger partial charge in [-0.05, 0) is 48.2 Å². The number of nitrogens with one attached hydrogen (secondary N) is 2. The molecule has 0 saturated carbocycles. The van der Waals surface area contributed by atoms with Crippen LogP contribution in [-0.2, 0) is 28.9 Å². The highest BCUT2D eigenvalue weighted by atomic mass is 32.1. The maximum absolute atomic E-state index is 12.3. The fourth-order valence-corrected chi connectivity index (χ4v) is 4.04. The van der Waals surface area contributed by atoms with Crippen molar-refractivity contribution in [1.29, 1.82) is 0 Å². The maximum Gasteiger partial charge on any atom is 0.231 e. The third kappa shape index (κ3) is 4.12. The number of nitrogens with zero attached hydrogens (tertiary/aromatic N) is 1. The molecule has 2 heterocycles. The van der Waals surface area contributed by atoms with E-state index in [1.54, 1.807) is 0 Å². The zero-order chi connectivity index (χ0) is 19.5. The van der Waals surface area contributed by atoms with Crippen LogP contribution in [0, 0.1) is 0 Å². The maximum atomic E-state index is 12.3. The first-order valence-electron chi connectivity index (χ1n) is 9.37. The Hall–Kier alpha value is -2.99. The third-order valence-corrected chi connectivity index (χ3v) is 5.65. The minimum Gasteiger partial charge on any atom is -0.326 e. The molecular formula is C22H21N3O2S. The molecule has 0 bridgehead atoms. The molecule has 0 unspecified atom stereocenters. The highest BCUT2D eigenvalue weighted by Crippen LogP contribution is 2.29. The average molecular weight is 391 g/mol. The predicted molar refractivity (Wildman–Crippen MR) is 113 cm³/mol. The smallest absolute Gasteiger partial charge is 0.231 e. The lowest BCUT2D eigenvalue weighted by Crippen LogP contribution is -2.18. The van der Waals surface area contributed by atoms with Crippen LogP contribution in [0.15, 0.2) is 47.8 Å². The molecule has 1 aliphatic heterocycles. The largest absolute Gasteiger partial charge is 0.326 e. The summed E-state index contributed by atoms with van der Waals surface area (Å²) in [5.74, 6) is -0.00940. The fraction of sp³-hybridized carbons (Fsp3) is 0.227. The van der Waals surface area contributed by atoms with Gasteiger partial charge in [0.15, 0.2) is 0 Å². The molecule has 0 fully saturated rings. The Morgan fingerprint density at radius 3 is 2.79 bits per heavy atom. The zero-order valence-corrected chi connectivity index (χ0v) is 16.4. The number of thiazole rings is 1. The Bertz CT molecular complexity index is 1020. The van der Waals surface area contributed by atoms with Crippen LogP contribution in [0.5, 0.6) is 0 Å². The van der Waals surface area contributed by atoms with Crippen molar-refractivity contribution in [3.8, 4) is 11.3 Å². The standard InChI is InChI=1S/C22H21N3O2S/c1-2-14-3-7-17(8-4-14)23-21(27)12-22-25-19(13-28-22)16-5-9-18-15(11-16)6-10-20(26)24-18/h3-5,7-9,11,13H,2,6,10,12H2,1H3,(H,23,27)(H,24,26). The number of hydrogen-bond acceptors (Lipinski definition) is 4. The van der Waals surface area contributed by atoms with Crippen molar-refractivity contribution in [1.82, 2.24) is 4.98 Å². The summed E-state index contributed by atoms with van der Waals surface area (Å²) in [6.45, 7) is 2.10. The highest BCUT2D eigenvalue weighted by molar-refractivity contribution is 7.10. The van der Waals surface area contributed by atoms with E-state index >= 15 is 0 Å². The number of carbonyl (C=O) groups is 2. The molecule has 2 aromatic carbocycles. The summed E-state index contributed by atoms with van der Waals surface area (Å²) in [5.41, 5.74) is 5.92. The van der Waals surface area contributed by atoms with Gasteiger partial charge < -0.3 is 10.6 Å². The Kier molecular flexibility index (Phi) is 5.21. The van der Waals surface area contributed by atoms with Crippen LogP contribution in [0.3, 0.4) is 0 Å². The van der Waals surface area contributed by atoms with Crippen LogP contribution in [0.4, 0.5) is 11.4 Å². The topological polar surface area (TPSA) is 71.1 Å². The van der Waals surface area contributed by atoms with Gasteiger partial charge in [0, 0.05) is 28.7 Å². The van der Waals surface area contributed by atoms with E-state index in [1.165, 1.54) is 16.9 Å². The zero-order valence-electron chi connectivity index (χ0n) is 15.6.